The van der Waals surface area contributed by atoms with Gasteiger partial charge in [-0.25, -0.2) is 0 Å². The number of esters is 1. The van der Waals surface area contributed by atoms with Crippen molar-refractivity contribution in [3.63, 3.8) is 0 Å². The van der Waals surface area contributed by atoms with E-state index < -0.39 is 24.6 Å². The Morgan fingerprint density at radius 1 is 1.43 bits per heavy atom. The number of nitrogens with one attached hydrogen (secondary N) is 1. The first kappa shape index (κ1) is 17.5. The summed E-state index contributed by atoms with van der Waals surface area (Å²) in [6.45, 7) is 3.40. The number of aliphatic hydroxyl groups excluding tert-OH is 1. The Hall–Kier alpha value is -1.59. The molecule has 1 rings (SSSR count). The molecule has 0 bridgehead atoms. The van der Waals surface area contributed by atoms with Crippen LogP contribution in [0.5, 0.6) is 0 Å². The molecule has 0 aliphatic rings. The number of hydrogen-bond donors (Lipinski definition) is 2. The first-order valence-corrected chi connectivity index (χ1v) is 7.19. The van der Waals surface area contributed by atoms with Gasteiger partial charge in [0.1, 0.15) is 0 Å². The van der Waals surface area contributed by atoms with Gasteiger partial charge in [-0.1, -0.05) is 31.0 Å². The summed E-state index contributed by atoms with van der Waals surface area (Å²) in [5.74, 6) is -1.07. The summed E-state index contributed by atoms with van der Waals surface area (Å²) in [5.41, 5.74) is 1.45. The fourth-order valence-corrected chi connectivity index (χ4v) is 2.02. The SMILES string of the molecule is CCC[C@@H](O)CC(=O)OCC(=O)Nc1ccc(C)cc1Cl. The van der Waals surface area contributed by atoms with Crippen LogP contribution < -0.4 is 5.32 Å². The lowest BCUT2D eigenvalue weighted by Crippen LogP contribution is -2.23. The number of ether oxygens (including phenoxy) is 1. The molecule has 21 heavy (non-hydrogen) atoms. The standard InChI is InChI=1S/C15H20ClNO4/c1-3-4-11(18)8-15(20)21-9-14(19)17-13-6-5-10(2)7-12(13)16/h5-7,11,18H,3-4,8-9H2,1-2H3,(H,17,19)/t11-/m1/s1. The highest BCUT2D eigenvalue weighted by Gasteiger charge is 2.13. The average molecular weight is 314 g/mol. The van der Waals surface area contributed by atoms with Crippen molar-refractivity contribution < 1.29 is 19.4 Å². The smallest absolute Gasteiger partial charge is 0.308 e. The van der Waals surface area contributed by atoms with Gasteiger partial charge in [0.2, 0.25) is 0 Å². The van der Waals surface area contributed by atoms with Crippen molar-refractivity contribution in [2.45, 2.75) is 39.2 Å². The Bertz CT molecular complexity index is 504. The fraction of sp³-hybridized carbons (Fsp3) is 0.467. The molecule has 1 atom stereocenters. The summed E-state index contributed by atoms with van der Waals surface area (Å²) in [5, 5.41) is 12.4. The third kappa shape index (κ3) is 6.60. The molecule has 1 amide bonds. The number of carbonyl (C=O) groups is 2. The Morgan fingerprint density at radius 2 is 2.14 bits per heavy atom. The van der Waals surface area contributed by atoms with Crippen molar-refractivity contribution in [2.75, 3.05) is 11.9 Å². The highest BCUT2D eigenvalue weighted by Crippen LogP contribution is 2.22. The van der Waals surface area contributed by atoms with Gasteiger partial charge in [0.15, 0.2) is 6.61 Å². The maximum atomic E-state index is 11.7. The maximum absolute atomic E-state index is 11.7. The van der Waals surface area contributed by atoms with Gasteiger partial charge in [0.05, 0.1) is 23.2 Å². The van der Waals surface area contributed by atoms with Crippen LogP contribution >= 0.6 is 11.6 Å². The molecule has 5 nitrogen and oxygen atoms in total. The molecule has 0 radical (unpaired) electrons. The van der Waals surface area contributed by atoms with Gasteiger partial charge >= 0.3 is 5.97 Å². The summed E-state index contributed by atoms with van der Waals surface area (Å²) in [6.07, 6.45) is 0.477. The largest absolute Gasteiger partial charge is 0.455 e. The molecule has 0 spiro atoms. The summed E-state index contributed by atoms with van der Waals surface area (Å²) in [6, 6.07) is 5.22. The molecule has 0 unspecified atom stereocenters. The lowest BCUT2D eigenvalue weighted by atomic mass is 10.1. The Balaban J connectivity index is 2.38. The lowest BCUT2D eigenvalue weighted by molar-refractivity contribution is -0.149. The Morgan fingerprint density at radius 3 is 2.76 bits per heavy atom. The zero-order valence-electron chi connectivity index (χ0n) is 12.2. The number of rotatable bonds is 7. The number of aliphatic hydroxyl groups is 1. The van der Waals surface area contributed by atoms with Crippen LogP contribution in [-0.2, 0) is 14.3 Å². The van der Waals surface area contributed by atoms with Crippen molar-refractivity contribution >= 4 is 29.2 Å². The normalized spacial score (nSPS) is 11.8. The highest BCUT2D eigenvalue weighted by atomic mass is 35.5. The van der Waals surface area contributed by atoms with E-state index in [0.29, 0.717) is 17.1 Å². The monoisotopic (exact) mass is 313 g/mol. The van der Waals surface area contributed by atoms with E-state index in [9.17, 15) is 14.7 Å². The third-order valence-electron chi connectivity index (χ3n) is 2.79. The van der Waals surface area contributed by atoms with Crippen LogP contribution in [0.1, 0.15) is 31.7 Å². The van der Waals surface area contributed by atoms with Crippen molar-refractivity contribution in [2.24, 2.45) is 0 Å². The summed E-state index contributed by atoms with van der Waals surface area (Å²) in [7, 11) is 0. The zero-order valence-corrected chi connectivity index (χ0v) is 12.9. The van der Waals surface area contributed by atoms with Gasteiger partial charge in [-0.15, -0.1) is 0 Å². The second-order valence-electron chi connectivity index (χ2n) is 4.84. The number of benzene rings is 1. The van der Waals surface area contributed by atoms with Crippen molar-refractivity contribution in [3.05, 3.63) is 28.8 Å². The van der Waals surface area contributed by atoms with E-state index in [1.165, 1.54) is 0 Å². The van der Waals surface area contributed by atoms with E-state index in [1.807, 2.05) is 19.9 Å². The molecule has 0 aliphatic carbocycles. The van der Waals surface area contributed by atoms with Crippen LogP contribution in [0.15, 0.2) is 18.2 Å². The van der Waals surface area contributed by atoms with Crippen LogP contribution in [0, 0.1) is 6.92 Å². The minimum absolute atomic E-state index is 0.105. The molecule has 0 heterocycles. The molecule has 2 N–H and O–H groups in total. The van der Waals surface area contributed by atoms with Gasteiger partial charge in [0.25, 0.3) is 5.91 Å². The lowest BCUT2D eigenvalue weighted by Gasteiger charge is -2.10. The number of halogens is 1. The van der Waals surface area contributed by atoms with Gasteiger partial charge in [0, 0.05) is 0 Å². The van der Waals surface area contributed by atoms with E-state index in [2.05, 4.69) is 5.32 Å². The second-order valence-corrected chi connectivity index (χ2v) is 5.25. The molecule has 0 aliphatic heterocycles. The number of hydrogen-bond acceptors (Lipinski definition) is 4. The Kier molecular flexibility index (Phi) is 7.19. The number of aryl methyl sites for hydroxylation is 1. The molecule has 0 fully saturated rings. The van der Waals surface area contributed by atoms with Crippen LogP contribution in [0.25, 0.3) is 0 Å². The molecule has 0 aromatic heterocycles. The zero-order chi connectivity index (χ0) is 15.8. The van der Waals surface area contributed by atoms with Crippen LogP contribution in [0.4, 0.5) is 5.69 Å². The minimum atomic E-state index is -0.725. The van der Waals surface area contributed by atoms with Gasteiger partial charge in [-0.05, 0) is 31.0 Å². The summed E-state index contributed by atoms with van der Waals surface area (Å²) in [4.78, 5) is 23.1. The molecule has 116 valence electrons. The quantitative estimate of drug-likeness (QED) is 0.759. The number of anilines is 1. The number of carbonyl (C=O) groups excluding carboxylic acids is 2. The van der Waals surface area contributed by atoms with E-state index in [0.717, 1.165) is 12.0 Å². The Labute approximate surface area is 129 Å². The van der Waals surface area contributed by atoms with Crippen molar-refractivity contribution in [1.82, 2.24) is 0 Å². The summed E-state index contributed by atoms with van der Waals surface area (Å²) >= 11 is 5.98. The topological polar surface area (TPSA) is 75.6 Å². The van der Waals surface area contributed by atoms with Gasteiger partial charge in [-0.3, -0.25) is 9.59 Å². The fourth-order valence-electron chi connectivity index (χ4n) is 1.74. The molecular formula is C15H20ClNO4. The van der Waals surface area contributed by atoms with E-state index >= 15 is 0 Å². The molecule has 6 heteroatoms. The van der Waals surface area contributed by atoms with Gasteiger partial charge < -0.3 is 15.2 Å². The highest BCUT2D eigenvalue weighted by molar-refractivity contribution is 6.33. The molecule has 1 aromatic rings. The third-order valence-corrected chi connectivity index (χ3v) is 3.10. The average Bonchev–Trinajstić information content (AvgIpc) is 2.40. The molecule has 1 aromatic carbocycles. The van der Waals surface area contributed by atoms with E-state index in [1.54, 1.807) is 12.1 Å². The number of amides is 1. The molecular weight excluding hydrogens is 294 g/mol. The maximum Gasteiger partial charge on any atom is 0.308 e. The molecule has 0 saturated carbocycles. The van der Waals surface area contributed by atoms with Crippen LogP contribution in [0.2, 0.25) is 5.02 Å². The summed E-state index contributed by atoms with van der Waals surface area (Å²) < 4.78 is 4.80. The van der Waals surface area contributed by atoms with Crippen molar-refractivity contribution in [1.29, 1.82) is 0 Å². The first-order valence-electron chi connectivity index (χ1n) is 6.82. The van der Waals surface area contributed by atoms with Crippen LogP contribution in [-0.4, -0.2) is 29.7 Å². The predicted molar refractivity (Wildman–Crippen MR) is 81.3 cm³/mol. The minimum Gasteiger partial charge on any atom is -0.455 e. The van der Waals surface area contributed by atoms with E-state index in [4.69, 9.17) is 16.3 Å². The first-order chi connectivity index (χ1) is 9.92. The van der Waals surface area contributed by atoms with Gasteiger partial charge in [-0.2, -0.15) is 0 Å². The van der Waals surface area contributed by atoms with Crippen LogP contribution in [0.3, 0.4) is 0 Å². The van der Waals surface area contributed by atoms with E-state index in [-0.39, 0.29) is 6.42 Å². The molecule has 0 saturated heterocycles. The predicted octanol–water partition coefficient (Wildman–Crippen LogP) is 2.68. The second kappa shape index (κ2) is 8.64. The van der Waals surface area contributed by atoms with Crippen molar-refractivity contribution in [3.8, 4) is 0 Å².